The van der Waals surface area contributed by atoms with Gasteiger partial charge >= 0.3 is 0 Å². The quantitative estimate of drug-likeness (QED) is 0.446. The van der Waals surface area contributed by atoms with Crippen molar-refractivity contribution in [3.05, 3.63) is 88.4 Å². The van der Waals surface area contributed by atoms with Gasteiger partial charge in [0, 0.05) is 28.2 Å². The van der Waals surface area contributed by atoms with Gasteiger partial charge in [0.15, 0.2) is 0 Å². The number of rotatable bonds is 2. The minimum Gasteiger partial charge on any atom is -0.325 e. The number of anilines is 1. The van der Waals surface area contributed by atoms with Crippen LogP contribution < -0.4 is 5.32 Å². The van der Waals surface area contributed by atoms with E-state index in [1.165, 1.54) is 28.5 Å². The van der Waals surface area contributed by atoms with Gasteiger partial charge in [0.25, 0.3) is 0 Å². The molecule has 0 radical (unpaired) electrons. The Hall–Kier alpha value is -2.98. The molecule has 0 saturated carbocycles. The van der Waals surface area contributed by atoms with E-state index in [4.69, 9.17) is 0 Å². The maximum atomic E-state index is 13.3. The molecule has 1 aromatic heterocycles. The summed E-state index contributed by atoms with van der Waals surface area (Å²) in [6, 6.07) is 21.0. The molecule has 27 heavy (non-hydrogen) atoms. The maximum absolute atomic E-state index is 13.3. The lowest BCUT2D eigenvalue weighted by atomic mass is 9.86. The molecule has 1 atom stereocenters. The SMILES string of the molecule is O=C1CC(c2cccc3ccccc23)c2scc(-c3ccc(F)cc3)c2N1. The first-order valence-electron chi connectivity index (χ1n) is 8.85. The van der Waals surface area contributed by atoms with Crippen molar-refractivity contribution in [2.24, 2.45) is 0 Å². The number of carbonyl (C=O) groups is 1. The standard InChI is InChI=1S/C23H16FNOS/c24-16-10-8-15(9-11-16)20-13-27-23-19(12-21(26)25-22(20)23)18-7-3-5-14-4-1-2-6-17(14)18/h1-11,13,19H,12H2,(H,25,26). The number of nitrogens with one attached hydrogen (secondary N) is 1. The Morgan fingerprint density at radius 3 is 2.59 bits per heavy atom. The summed E-state index contributed by atoms with van der Waals surface area (Å²) in [5.41, 5.74) is 3.90. The lowest BCUT2D eigenvalue weighted by Crippen LogP contribution is -2.22. The summed E-state index contributed by atoms with van der Waals surface area (Å²) in [5.74, 6) is -0.221. The second-order valence-corrected chi connectivity index (χ2v) is 7.68. The summed E-state index contributed by atoms with van der Waals surface area (Å²) in [6.07, 6.45) is 0.435. The van der Waals surface area contributed by atoms with E-state index in [1.54, 1.807) is 23.5 Å². The van der Waals surface area contributed by atoms with Gasteiger partial charge in [-0.3, -0.25) is 4.79 Å². The third-order valence-electron chi connectivity index (χ3n) is 5.14. The molecule has 1 aliphatic heterocycles. The third-order valence-corrected chi connectivity index (χ3v) is 6.24. The second kappa shape index (κ2) is 6.32. The van der Waals surface area contributed by atoms with Crippen molar-refractivity contribution < 1.29 is 9.18 Å². The van der Waals surface area contributed by atoms with Gasteiger partial charge < -0.3 is 5.32 Å². The number of fused-ring (bicyclic) bond motifs is 2. The number of halogens is 1. The molecule has 0 fully saturated rings. The van der Waals surface area contributed by atoms with Gasteiger partial charge in [0.1, 0.15) is 5.82 Å². The Morgan fingerprint density at radius 2 is 1.74 bits per heavy atom. The highest BCUT2D eigenvalue weighted by Gasteiger charge is 2.31. The number of hydrogen-bond donors (Lipinski definition) is 1. The summed E-state index contributed by atoms with van der Waals surface area (Å²) in [4.78, 5) is 13.7. The molecular weight excluding hydrogens is 357 g/mol. The van der Waals surface area contributed by atoms with Crippen LogP contribution in [0.4, 0.5) is 10.1 Å². The summed E-state index contributed by atoms with van der Waals surface area (Å²) in [7, 11) is 0. The van der Waals surface area contributed by atoms with Crippen molar-refractivity contribution >= 4 is 33.7 Å². The molecule has 1 amide bonds. The van der Waals surface area contributed by atoms with Crippen LogP contribution in [0.15, 0.2) is 72.1 Å². The molecule has 0 spiro atoms. The van der Waals surface area contributed by atoms with E-state index >= 15 is 0 Å². The van der Waals surface area contributed by atoms with Crippen LogP contribution in [0.2, 0.25) is 0 Å². The van der Waals surface area contributed by atoms with Gasteiger partial charge in [0.05, 0.1) is 5.69 Å². The molecule has 0 bridgehead atoms. The number of hydrogen-bond acceptors (Lipinski definition) is 2. The molecule has 4 heteroatoms. The first-order valence-corrected chi connectivity index (χ1v) is 9.73. The molecule has 2 heterocycles. The molecule has 1 N–H and O–H groups in total. The predicted molar refractivity (Wildman–Crippen MR) is 109 cm³/mol. The molecule has 4 aromatic rings. The second-order valence-electron chi connectivity index (χ2n) is 6.77. The van der Waals surface area contributed by atoms with Gasteiger partial charge in [-0.05, 0) is 34.0 Å². The average Bonchev–Trinajstić information content (AvgIpc) is 3.11. The lowest BCUT2D eigenvalue weighted by molar-refractivity contribution is -0.116. The van der Waals surface area contributed by atoms with E-state index in [1.807, 2.05) is 12.1 Å². The number of thiophene rings is 1. The molecule has 1 unspecified atom stereocenters. The highest BCUT2D eigenvalue weighted by molar-refractivity contribution is 7.11. The lowest BCUT2D eigenvalue weighted by Gasteiger charge is -2.25. The molecular formula is C23H16FNOS. The van der Waals surface area contributed by atoms with Crippen LogP contribution in [-0.4, -0.2) is 5.91 Å². The Morgan fingerprint density at radius 1 is 0.963 bits per heavy atom. The van der Waals surface area contributed by atoms with E-state index in [2.05, 4.69) is 41.0 Å². The Balaban J connectivity index is 1.67. The monoisotopic (exact) mass is 373 g/mol. The van der Waals surface area contributed by atoms with Crippen LogP contribution in [0.5, 0.6) is 0 Å². The number of amides is 1. The minimum absolute atomic E-state index is 0.0159. The van der Waals surface area contributed by atoms with E-state index in [0.29, 0.717) is 6.42 Å². The number of benzene rings is 3. The van der Waals surface area contributed by atoms with Crippen LogP contribution in [-0.2, 0) is 4.79 Å². The maximum Gasteiger partial charge on any atom is 0.225 e. The van der Waals surface area contributed by atoms with Gasteiger partial charge in [-0.25, -0.2) is 4.39 Å². The molecule has 1 aliphatic rings. The fourth-order valence-electron chi connectivity index (χ4n) is 3.87. The van der Waals surface area contributed by atoms with Crippen LogP contribution in [0.25, 0.3) is 21.9 Å². The van der Waals surface area contributed by atoms with Crippen molar-refractivity contribution in [1.82, 2.24) is 0 Å². The highest BCUT2D eigenvalue weighted by atomic mass is 32.1. The van der Waals surface area contributed by atoms with Crippen LogP contribution in [0.3, 0.4) is 0 Å². The zero-order chi connectivity index (χ0) is 18.4. The molecule has 3 aromatic carbocycles. The van der Waals surface area contributed by atoms with E-state index in [0.717, 1.165) is 21.7 Å². The summed E-state index contributed by atoms with van der Waals surface area (Å²) in [5, 5.41) is 7.47. The van der Waals surface area contributed by atoms with Gasteiger partial charge in [-0.15, -0.1) is 11.3 Å². The van der Waals surface area contributed by atoms with Crippen molar-refractivity contribution in [1.29, 1.82) is 0 Å². The molecule has 5 rings (SSSR count). The molecule has 2 nitrogen and oxygen atoms in total. The van der Waals surface area contributed by atoms with Crippen molar-refractivity contribution in [2.45, 2.75) is 12.3 Å². The van der Waals surface area contributed by atoms with Crippen molar-refractivity contribution in [3.8, 4) is 11.1 Å². The Labute approximate surface area is 160 Å². The summed E-state index contributed by atoms with van der Waals surface area (Å²) < 4.78 is 13.3. The topological polar surface area (TPSA) is 29.1 Å². The molecule has 132 valence electrons. The number of carbonyl (C=O) groups excluding carboxylic acids is 1. The zero-order valence-electron chi connectivity index (χ0n) is 14.4. The minimum atomic E-state index is -0.263. The summed E-state index contributed by atoms with van der Waals surface area (Å²) in [6.45, 7) is 0. The van der Waals surface area contributed by atoms with Gasteiger partial charge in [0.2, 0.25) is 5.91 Å². The largest absolute Gasteiger partial charge is 0.325 e. The predicted octanol–water partition coefficient (Wildman–Crippen LogP) is 6.18. The smallest absolute Gasteiger partial charge is 0.225 e. The normalized spacial score (nSPS) is 16.2. The van der Waals surface area contributed by atoms with Gasteiger partial charge in [-0.1, -0.05) is 54.6 Å². The molecule has 0 saturated heterocycles. The van der Waals surface area contributed by atoms with Gasteiger partial charge in [-0.2, -0.15) is 0 Å². The third kappa shape index (κ3) is 2.73. The Kier molecular flexibility index (Phi) is 3.80. The van der Waals surface area contributed by atoms with E-state index in [9.17, 15) is 9.18 Å². The fraction of sp³-hybridized carbons (Fsp3) is 0.0870. The highest BCUT2D eigenvalue weighted by Crippen LogP contribution is 2.47. The van der Waals surface area contributed by atoms with Crippen LogP contribution >= 0.6 is 11.3 Å². The van der Waals surface area contributed by atoms with E-state index < -0.39 is 0 Å². The first kappa shape index (κ1) is 16.2. The van der Waals surface area contributed by atoms with Crippen molar-refractivity contribution in [3.63, 3.8) is 0 Å². The fourth-order valence-corrected chi connectivity index (χ4v) is 5.03. The molecule has 0 aliphatic carbocycles. The summed E-state index contributed by atoms with van der Waals surface area (Å²) >= 11 is 1.66. The average molecular weight is 373 g/mol. The Bertz CT molecular complexity index is 1160. The van der Waals surface area contributed by atoms with Crippen molar-refractivity contribution in [2.75, 3.05) is 5.32 Å². The van der Waals surface area contributed by atoms with Crippen LogP contribution in [0.1, 0.15) is 22.8 Å². The van der Waals surface area contributed by atoms with E-state index in [-0.39, 0.29) is 17.6 Å². The zero-order valence-corrected chi connectivity index (χ0v) is 15.2. The first-order chi connectivity index (χ1) is 13.2. The van der Waals surface area contributed by atoms with Crippen LogP contribution in [0, 0.1) is 5.82 Å².